The monoisotopic (exact) mass is 164 g/mol. The molecule has 12 heavy (non-hydrogen) atoms. The molecule has 0 saturated heterocycles. The second-order valence-corrected chi connectivity index (χ2v) is 3.78. The molecule has 0 aliphatic heterocycles. The van der Waals surface area contributed by atoms with Gasteiger partial charge in [0.1, 0.15) is 12.6 Å². The van der Waals surface area contributed by atoms with Gasteiger partial charge in [-0.2, -0.15) is 0 Å². The summed E-state index contributed by atoms with van der Waals surface area (Å²) in [7, 11) is 0. The van der Waals surface area contributed by atoms with Crippen LogP contribution in [0.3, 0.4) is 0 Å². The molecular weight excluding hydrogens is 152 g/mol. The van der Waals surface area contributed by atoms with Crippen molar-refractivity contribution in [3.05, 3.63) is 12.2 Å². The van der Waals surface area contributed by atoms with Crippen LogP contribution in [0.15, 0.2) is 12.2 Å². The molecule has 3 aliphatic rings. The van der Waals surface area contributed by atoms with Gasteiger partial charge in [-0.1, -0.05) is 12.2 Å². The zero-order valence-electron chi connectivity index (χ0n) is 6.85. The lowest BCUT2D eigenvalue weighted by Gasteiger charge is -2.38. The number of fused-ring (bicyclic) bond motifs is 2. The Balaban J connectivity index is 2.18. The minimum atomic E-state index is 0.177. The number of carbonyl (C=O) groups is 2. The van der Waals surface area contributed by atoms with E-state index in [0.29, 0.717) is 11.8 Å². The van der Waals surface area contributed by atoms with Crippen LogP contribution < -0.4 is 0 Å². The summed E-state index contributed by atoms with van der Waals surface area (Å²) in [6, 6.07) is 0. The third-order valence-corrected chi connectivity index (χ3v) is 3.14. The van der Waals surface area contributed by atoms with E-state index in [4.69, 9.17) is 0 Å². The van der Waals surface area contributed by atoms with Crippen molar-refractivity contribution in [2.45, 2.75) is 12.8 Å². The summed E-state index contributed by atoms with van der Waals surface area (Å²) >= 11 is 0. The smallest absolute Gasteiger partial charge is 0.123 e. The largest absolute Gasteiger partial charge is 0.303 e. The molecule has 0 aromatic heterocycles. The fourth-order valence-electron chi connectivity index (χ4n) is 2.37. The first kappa shape index (κ1) is 7.71. The molecule has 0 aromatic carbocycles. The van der Waals surface area contributed by atoms with Gasteiger partial charge in [-0.25, -0.2) is 0 Å². The average Bonchev–Trinajstić information content (AvgIpc) is 2.18. The number of hydrogen-bond donors (Lipinski definition) is 0. The standard InChI is InChI=1S/C10H12O2/c11-5-9-4-8-2-1-7(9)3-10(8)6-12/h1-2,5-10H,3-4H2. The molecule has 0 N–H and O–H groups in total. The first-order chi connectivity index (χ1) is 5.85. The highest BCUT2D eigenvalue weighted by Crippen LogP contribution is 2.42. The Morgan fingerprint density at radius 1 is 0.917 bits per heavy atom. The molecule has 2 nitrogen and oxygen atoms in total. The number of aldehydes is 2. The van der Waals surface area contributed by atoms with Crippen molar-refractivity contribution in [3.8, 4) is 0 Å². The topological polar surface area (TPSA) is 34.1 Å². The first-order valence-electron chi connectivity index (χ1n) is 4.44. The van der Waals surface area contributed by atoms with Crippen molar-refractivity contribution in [3.63, 3.8) is 0 Å². The predicted octanol–water partition coefficient (Wildman–Crippen LogP) is 1.21. The molecule has 0 amide bonds. The fourth-order valence-corrected chi connectivity index (χ4v) is 2.37. The Labute approximate surface area is 71.6 Å². The summed E-state index contributed by atoms with van der Waals surface area (Å²) in [5.41, 5.74) is 0. The van der Waals surface area contributed by atoms with Crippen molar-refractivity contribution in [1.29, 1.82) is 0 Å². The van der Waals surface area contributed by atoms with Crippen LogP contribution >= 0.6 is 0 Å². The van der Waals surface area contributed by atoms with Gasteiger partial charge in [0.2, 0.25) is 0 Å². The highest BCUT2D eigenvalue weighted by molar-refractivity contribution is 5.60. The zero-order valence-corrected chi connectivity index (χ0v) is 6.85. The Morgan fingerprint density at radius 3 is 1.58 bits per heavy atom. The van der Waals surface area contributed by atoms with Crippen molar-refractivity contribution in [2.24, 2.45) is 23.7 Å². The Hall–Kier alpha value is -0.920. The van der Waals surface area contributed by atoms with Gasteiger partial charge in [0.05, 0.1) is 0 Å². The lowest BCUT2D eigenvalue weighted by Crippen LogP contribution is -2.35. The quantitative estimate of drug-likeness (QED) is 0.454. The highest BCUT2D eigenvalue weighted by atomic mass is 16.1. The SMILES string of the molecule is O=CC1CC2C=CC1CC2C=O. The summed E-state index contributed by atoms with van der Waals surface area (Å²) in [4.78, 5) is 21.2. The van der Waals surface area contributed by atoms with Gasteiger partial charge in [-0.05, 0) is 24.7 Å². The van der Waals surface area contributed by atoms with Gasteiger partial charge < -0.3 is 9.59 Å². The third-order valence-electron chi connectivity index (χ3n) is 3.14. The van der Waals surface area contributed by atoms with Crippen molar-refractivity contribution in [1.82, 2.24) is 0 Å². The van der Waals surface area contributed by atoms with Crippen LogP contribution in [0.25, 0.3) is 0 Å². The maximum Gasteiger partial charge on any atom is 0.123 e. The van der Waals surface area contributed by atoms with Gasteiger partial charge in [0.15, 0.2) is 0 Å². The molecule has 1 saturated carbocycles. The maximum absolute atomic E-state index is 10.6. The van der Waals surface area contributed by atoms with Gasteiger partial charge in [0.25, 0.3) is 0 Å². The van der Waals surface area contributed by atoms with Crippen molar-refractivity contribution < 1.29 is 9.59 Å². The minimum Gasteiger partial charge on any atom is -0.303 e. The molecule has 4 unspecified atom stereocenters. The number of carbonyl (C=O) groups excluding carboxylic acids is 2. The van der Waals surface area contributed by atoms with E-state index < -0.39 is 0 Å². The van der Waals surface area contributed by atoms with E-state index in [1.54, 1.807) is 0 Å². The van der Waals surface area contributed by atoms with Gasteiger partial charge in [-0.3, -0.25) is 0 Å². The third kappa shape index (κ3) is 1.02. The van der Waals surface area contributed by atoms with E-state index in [1.165, 1.54) is 0 Å². The molecule has 1 fully saturated rings. The second kappa shape index (κ2) is 2.85. The van der Waals surface area contributed by atoms with Gasteiger partial charge >= 0.3 is 0 Å². The van der Waals surface area contributed by atoms with Crippen LogP contribution in [-0.2, 0) is 9.59 Å². The summed E-state index contributed by atoms with van der Waals surface area (Å²) in [6.07, 6.45) is 8.06. The minimum absolute atomic E-state index is 0.177. The van der Waals surface area contributed by atoms with E-state index in [-0.39, 0.29) is 11.8 Å². The van der Waals surface area contributed by atoms with E-state index >= 15 is 0 Å². The van der Waals surface area contributed by atoms with Crippen LogP contribution in [0.1, 0.15) is 12.8 Å². The molecule has 2 heteroatoms. The van der Waals surface area contributed by atoms with E-state index in [2.05, 4.69) is 12.2 Å². The average molecular weight is 164 g/mol. The predicted molar refractivity (Wildman–Crippen MR) is 44.5 cm³/mol. The molecule has 4 atom stereocenters. The van der Waals surface area contributed by atoms with Crippen LogP contribution in [-0.4, -0.2) is 12.6 Å². The van der Waals surface area contributed by atoms with Crippen LogP contribution in [0, 0.1) is 23.7 Å². The molecule has 0 aromatic rings. The lowest BCUT2D eigenvalue weighted by molar-refractivity contribution is -0.119. The van der Waals surface area contributed by atoms with E-state index in [9.17, 15) is 9.59 Å². The number of hydrogen-bond acceptors (Lipinski definition) is 2. The molecule has 3 aliphatic carbocycles. The highest BCUT2D eigenvalue weighted by Gasteiger charge is 2.37. The molecule has 0 radical (unpaired) electrons. The Morgan fingerprint density at radius 2 is 1.33 bits per heavy atom. The number of rotatable bonds is 2. The first-order valence-corrected chi connectivity index (χ1v) is 4.44. The van der Waals surface area contributed by atoms with Crippen LogP contribution in [0.4, 0.5) is 0 Å². The molecule has 0 spiro atoms. The van der Waals surface area contributed by atoms with Crippen LogP contribution in [0.2, 0.25) is 0 Å². The zero-order chi connectivity index (χ0) is 8.55. The molecule has 3 rings (SSSR count). The van der Waals surface area contributed by atoms with E-state index in [0.717, 1.165) is 25.4 Å². The summed E-state index contributed by atoms with van der Waals surface area (Å²) in [6.45, 7) is 0. The molecular formula is C10H12O2. The normalized spacial score (nSPS) is 44.3. The fraction of sp³-hybridized carbons (Fsp3) is 0.600. The van der Waals surface area contributed by atoms with Crippen molar-refractivity contribution in [2.75, 3.05) is 0 Å². The Kier molecular flexibility index (Phi) is 1.83. The van der Waals surface area contributed by atoms with Gasteiger partial charge in [0, 0.05) is 11.8 Å². The van der Waals surface area contributed by atoms with Gasteiger partial charge in [-0.15, -0.1) is 0 Å². The molecule has 0 heterocycles. The van der Waals surface area contributed by atoms with Crippen molar-refractivity contribution >= 4 is 12.6 Å². The summed E-state index contributed by atoms with van der Waals surface area (Å²) < 4.78 is 0. The lowest BCUT2D eigenvalue weighted by atomic mass is 9.65. The van der Waals surface area contributed by atoms with E-state index in [1.807, 2.05) is 0 Å². The molecule has 2 bridgehead atoms. The maximum atomic E-state index is 10.6. The Bertz CT molecular complexity index is 208. The summed E-state index contributed by atoms with van der Waals surface area (Å²) in [5, 5.41) is 0. The summed E-state index contributed by atoms with van der Waals surface area (Å²) in [5.74, 6) is 1.03. The molecule has 64 valence electrons. The number of allylic oxidation sites excluding steroid dienone is 2. The van der Waals surface area contributed by atoms with Crippen LogP contribution in [0.5, 0.6) is 0 Å². The second-order valence-electron chi connectivity index (χ2n) is 3.78.